The molecule has 1 aromatic heterocycles. The third-order valence-electron chi connectivity index (χ3n) is 5.41. The quantitative estimate of drug-likeness (QED) is 0.793. The maximum absolute atomic E-state index is 11.7. The van der Waals surface area contributed by atoms with Gasteiger partial charge in [0.2, 0.25) is 11.5 Å². The van der Waals surface area contributed by atoms with Crippen LogP contribution in [0, 0.1) is 23.7 Å². The normalized spacial score (nSPS) is 35.4. The van der Waals surface area contributed by atoms with Crippen LogP contribution in [0.15, 0.2) is 4.42 Å². The number of hydrogen-bond acceptors (Lipinski definition) is 6. The minimum absolute atomic E-state index is 0.0725. The highest BCUT2D eigenvalue weighted by Crippen LogP contribution is 2.72. The van der Waals surface area contributed by atoms with Crippen molar-refractivity contribution in [3.05, 3.63) is 17.3 Å². The maximum Gasteiger partial charge on any atom is 0.376 e. The first kappa shape index (κ1) is 12.9. The number of esters is 2. The molecule has 0 radical (unpaired) electrons. The molecule has 3 saturated carbocycles. The van der Waals surface area contributed by atoms with Crippen molar-refractivity contribution in [2.24, 2.45) is 23.7 Å². The second-order valence-electron chi connectivity index (χ2n) is 6.23. The maximum atomic E-state index is 11.7. The number of oxazole rings is 1. The number of nitrogens with zero attached hydrogens (tertiary/aromatic N) is 1. The average molecular weight is 291 g/mol. The van der Waals surface area contributed by atoms with Gasteiger partial charge in [0, 0.05) is 5.92 Å². The number of methoxy groups -OCH3 is 2. The fraction of sp³-hybridized carbons (Fsp3) is 0.667. The number of aromatic nitrogens is 1. The van der Waals surface area contributed by atoms with E-state index in [-0.39, 0.29) is 17.4 Å². The van der Waals surface area contributed by atoms with Crippen LogP contribution in [0.3, 0.4) is 0 Å². The van der Waals surface area contributed by atoms with Crippen molar-refractivity contribution in [3.63, 3.8) is 0 Å². The average Bonchev–Trinajstić information content (AvgIpc) is 2.89. The standard InChI is InChI=1S/C15H17NO5/c1-19-14(17)11-12(15(18)20-2)21-13(16-11)10-8-6-3-4-7(5-6)9(8)10/h6-10H,3-5H2,1-2H3. The van der Waals surface area contributed by atoms with E-state index < -0.39 is 11.9 Å². The summed E-state index contributed by atoms with van der Waals surface area (Å²) >= 11 is 0. The Hall–Kier alpha value is -1.85. The van der Waals surface area contributed by atoms with Crippen LogP contribution >= 0.6 is 0 Å². The van der Waals surface area contributed by atoms with Gasteiger partial charge in [0.1, 0.15) is 0 Å². The third-order valence-corrected chi connectivity index (χ3v) is 5.41. The van der Waals surface area contributed by atoms with Crippen molar-refractivity contribution in [2.45, 2.75) is 25.2 Å². The molecule has 0 saturated heterocycles. The van der Waals surface area contributed by atoms with Crippen LogP contribution in [-0.2, 0) is 9.47 Å². The van der Waals surface area contributed by atoms with Crippen molar-refractivity contribution in [1.82, 2.24) is 4.98 Å². The van der Waals surface area contributed by atoms with Gasteiger partial charge in [-0.3, -0.25) is 0 Å². The van der Waals surface area contributed by atoms with E-state index in [0.29, 0.717) is 17.7 Å². The van der Waals surface area contributed by atoms with Crippen LogP contribution in [0.4, 0.5) is 0 Å². The lowest BCUT2D eigenvalue weighted by Crippen LogP contribution is -2.10. The summed E-state index contributed by atoms with van der Waals surface area (Å²) in [7, 11) is 2.50. The molecule has 6 nitrogen and oxygen atoms in total. The summed E-state index contributed by atoms with van der Waals surface area (Å²) in [5, 5.41) is 0. The molecule has 4 rings (SSSR count). The molecule has 0 spiro atoms. The first-order chi connectivity index (χ1) is 10.2. The third kappa shape index (κ3) is 1.68. The lowest BCUT2D eigenvalue weighted by Gasteiger charge is -2.04. The molecule has 2 bridgehead atoms. The molecule has 3 fully saturated rings. The summed E-state index contributed by atoms with van der Waals surface area (Å²) in [6.07, 6.45) is 3.90. The van der Waals surface area contributed by atoms with E-state index in [4.69, 9.17) is 4.42 Å². The summed E-state index contributed by atoms with van der Waals surface area (Å²) in [6.45, 7) is 0. The monoisotopic (exact) mass is 291 g/mol. The first-order valence-electron chi connectivity index (χ1n) is 7.33. The Morgan fingerprint density at radius 3 is 2.29 bits per heavy atom. The molecule has 3 aliphatic carbocycles. The Bertz CT molecular complexity index is 572. The molecule has 0 N–H and O–H groups in total. The van der Waals surface area contributed by atoms with E-state index in [9.17, 15) is 9.59 Å². The van der Waals surface area contributed by atoms with Gasteiger partial charge in [-0.15, -0.1) is 0 Å². The van der Waals surface area contributed by atoms with E-state index in [0.717, 1.165) is 11.8 Å². The molecule has 6 heteroatoms. The van der Waals surface area contributed by atoms with Gasteiger partial charge in [-0.1, -0.05) is 0 Å². The SMILES string of the molecule is COC(=O)c1nc(C2C3C4CCC(C4)C23)oc1C(=O)OC. The Balaban J connectivity index is 1.67. The molecule has 0 amide bonds. The number of ether oxygens (including phenoxy) is 2. The smallest absolute Gasteiger partial charge is 0.376 e. The van der Waals surface area contributed by atoms with Crippen LogP contribution in [0.25, 0.3) is 0 Å². The Kier molecular flexibility index (Phi) is 2.65. The summed E-state index contributed by atoms with van der Waals surface area (Å²) in [5.74, 6) is 2.04. The van der Waals surface area contributed by atoms with Gasteiger partial charge >= 0.3 is 11.9 Å². The Labute approximate surface area is 121 Å². The molecular formula is C15H17NO5. The van der Waals surface area contributed by atoms with Gasteiger partial charge in [0.25, 0.3) is 0 Å². The van der Waals surface area contributed by atoms with E-state index in [1.807, 2.05) is 0 Å². The zero-order valence-corrected chi connectivity index (χ0v) is 12.0. The zero-order valence-electron chi connectivity index (χ0n) is 12.0. The molecule has 21 heavy (non-hydrogen) atoms. The molecule has 1 aromatic rings. The number of fused-ring (bicyclic) bond motifs is 5. The van der Waals surface area contributed by atoms with Crippen molar-refractivity contribution in [2.75, 3.05) is 14.2 Å². The number of rotatable bonds is 3. The number of hydrogen-bond donors (Lipinski definition) is 0. The lowest BCUT2D eigenvalue weighted by atomic mass is 10.0. The van der Waals surface area contributed by atoms with Crippen molar-refractivity contribution in [3.8, 4) is 0 Å². The highest BCUT2D eigenvalue weighted by atomic mass is 16.5. The van der Waals surface area contributed by atoms with Crippen LogP contribution in [0.2, 0.25) is 0 Å². The van der Waals surface area contributed by atoms with Crippen molar-refractivity contribution in [1.29, 1.82) is 0 Å². The van der Waals surface area contributed by atoms with Gasteiger partial charge in [0.05, 0.1) is 14.2 Å². The van der Waals surface area contributed by atoms with Crippen LogP contribution < -0.4 is 0 Å². The van der Waals surface area contributed by atoms with Gasteiger partial charge in [-0.05, 0) is 42.9 Å². The molecule has 0 aliphatic heterocycles. The predicted octanol–water partition coefficient (Wildman–Crippen LogP) is 2.01. The van der Waals surface area contributed by atoms with Crippen molar-refractivity contribution < 1.29 is 23.5 Å². The van der Waals surface area contributed by atoms with Crippen LogP contribution in [0.5, 0.6) is 0 Å². The summed E-state index contributed by atoms with van der Waals surface area (Å²) < 4.78 is 14.9. The molecule has 0 aromatic carbocycles. The highest BCUT2D eigenvalue weighted by Gasteiger charge is 2.67. The Morgan fingerprint density at radius 2 is 1.71 bits per heavy atom. The molecule has 112 valence electrons. The summed E-state index contributed by atoms with van der Waals surface area (Å²) in [4.78, 5) is 27.7. The molecule has 1 heterocycles. The van der Waals surface area contributed by atoms with Gasteiger partial charge in [-0.2, -0.15) is 0 Å². The Morgan fingerprint density at radius 1 is 1.10 bits per heavy atom. The van der Waals surface area contributed by atoms with Gasteiger partial charge in [-0.25, -0.2) is 14.6 Å². The highest BCUT2D eigenvalue weighted by molar-refractivity contribution is 5.99. The largest absolute Gasteiger partial charge is 0.464 e. The fourth-order valence-electron chi connectivity index (χ4n) is 4.60. The van der Waals surface area contributed by atoms with E-state index >= 15 is 0 Å². The number of carbonyl (C=O) groups is 2. The van der Waals surface area contributed by atoms with Crippen LogP contribution in [-0.4, -0.2) is 31.1 Å². The lowest BCUT2D eigenvalue weighted by molar-refractivity contribution is 0.0525. The van der Waals surface area contributed by atoms with Gasteiger partial charge < -0.3 is 13.9 Å². The topological polar surface area (TPSA) is 78.6 Å². The fourth-order valence-corrected chi connectivity index (χ4v) is 4.60. The van der Waals surface area contributed by atoms with E-state index in [1.165, 1.54) is 33.5 Å². The van der Waals surface area contributed by atoms with E-state index in [1.54, 1.807) is 0 Å². The summed E-state index contributed by atoms with van der Waals surface area (Å²) in [5.41, 5.74) is -0.0725. The molecule has 4 unspecified atom stereocenters. The van der Waals surface area contributed by atoms with Crippen molar-refractivity contribution >= 4 is 11.9 Å². The number of carbonyl (C=O) groups excluding carboxylic acids is 2. The van der Waals surface area contributed by atoms with Crippen LogP contribution in [0.1, 0.15) is 52.1 Å². The predicted molar refractivity (Wildman–Crippen MR) is 69.7 cm³/mol. The zero-order chi connectivity index (χ0) is 14.7. The van der Waals surface area contributed by atoms with E-state index in [2.05, 4.69) is 14.5 Å². The first-order valence-corrected chi connectivity index (χ1v) is 7.33. The molecular weight excluding hydrogens is 274 g/mol. The summed E-state index contributed by atoms with van der Waals surface area (Å²) in [6, 6.07) is 0. The second-order valence-corrected chi connectivity index (χ2v) is 6.23. The molecule has 3 aliphatic rings. The minimum Gasteiger partial charge on any atom is -0.464 e. The minimum atomic E-state index is -0.692. The van der Waals surface area contributed by atoms with Gasteiger partial charge in [0.15, 0.2) is 5.89 Å². The molecule has 4 atom stereocenters. The second kappa shape index (κ2) is 4.32.